The predicted octanol–water partition coefficient (Wildman–Crippen LogP) is 2.14. The van der Waals surface area contributed by atoms with Crippen molar-refractivity contribution in [3.63, 3.8) is 0 Å². The van der Waals surface area contributed by atoms with E-state index in [2.05, 4.69) is 45.1 Å². The predicted molar refractivity (Wildman–Crippen MR) is 86.2 cm³/mol. The largest absolute Gasteiger partial charge is 0.395 e. The Hall–Kier alpha value is -1.91. The molecule has 0 atom stereocenters. The van der Waals surface area contributed by atoms with Gasteiger partial charge in [0.15, 0.2) is 0 Å². The topological polar surface area (TPSA) is 39.6 Å². The highest BCUT2D eigenvalue weighted by atomic mass is 16.3. The maximum atomic E-state index is 9.25. The van der Waals surface area contributed by atoms with Gasteiger partial charge in [-0.25, -0.2) is 0 Å². The van der Waals surface area contributed by atoms with Gasteiger partial charge in [0.25, 0.3) is 0 Å². The molecule has 0 bridgehead atoms. The number of aliphatic hydroxyl groups excluding tert-OH is 1. The Bertz CT molecular complexity index is 525. The van der Waals surface area contributed by atoms with E-state index in [1.54, 1.807) is 6.20 Å². The van der Waals surface area contributed by atoms with Gasteiger partial charge in [0.2, 0.25) is 0 Å². The van der Waals surface area contributed by atoms with Gasteiger partial charge in [-0.2, -0.15) is 0 Å². The molecule has 1 aromatic heterocycles. The molecule has 1 N–H and O–H groups in total. The molecule has 0 saturated heterocycles. The minimum atomic E-state index is 0.163. The van der Waals surface area contributed by atoms with Crippen molar-refractivity contribution in [2.75, 3.05) is 32.1 Å². The Balaban J connectivity index is 2.02. The number of hydrogen-bond acceptors (Lipinski definition) is 4. The summed E-state index contributed by atoms with van der Waals surface area (Å²) in [6, 6.07) is 12.5. The van der Waals surface area contributed by atoms with Gasteiger partial charge in [-0.1, -0.05) is 18.2 Å². The summed E-state index contributed by atoms with van der Waals surface area (Å²) in [5, 5.41) is 9.25. The molecule has 0 aliphatic rings. The van der Waals surface area contributed by atoms with Gasteiger partial charge in [-0.05, 0) is 29.3 Å². The average molecular weight is 285 g/mol. The molecule has 21 heavy (non-hydrogen) atoms. The van der Waals surface area contributed by atoms with Crippen LogP contribution in [0.4, 0.5) is 5.69 Å². The lowest BCUT2D eigenvalue weighted by atomic mass is 10.1. The fourth-order valence-electron chi connectivity index (χ4n) is 2.26. The molecule has 0 saturated carbocycles. The molecule has 0 unspecified atom stereocenters. The highest BCUT2D eigenvalue weighted by Gasteiger charge is 2.07. The van der Waals surface area contributed by atoms with Gasteiger partial charge in [0.05, 0.1) is 6.61 Å². The van der Waals surface area contributed by atoms with Crippen LogP contribution >= 0.6 is 0 Å². The standard InChI is InChI=1S/C17H23N3O/c1-19(2)17-7-5-15(6-8-17)13-20(10-11-21)14-16-4-3-9-18-12-16/h3-9,12,21H,10-11,13-14H2,1-2H3. The lowest BCUT2D eigenvalue weighted by Crippen LogP contribution is -2.26. The van der Waals surface area contributed by atoms with Crippen LogP contribution in [-0.4, -0.2) is 42.2 Å². The number of nitrogens with zero attached hydrogens (tertiary/aromatic N) is 3. The van der Waals surface area contributed by atoms with Crippen molar-refractivity contribution in [3.05, 3.63) is 59.9 Å². The Morgan fingerprint density at radius 3 is 2.29 bits per heavy atom. The summed E-state index contributed by atoms with van der Waals surface area (Å²) in [6.45, 7) is 2.44. The van der Waals surface area contributed by atoms with E-state index < -0.39 is 0 Å². The van der Waals surface area contributed by atoms with E-state index in [1.807, 2.05) is 26.4 Å². The zero-order valence-corrected chi connectivity index (χ0v) is 12.7. The second-order valence-corrected chi connectivity index (χ2v) is 5.36. The third-order valence-electron chi connectivity index (χ3n) is 3.40. The molecule has 2 aromatic rings. The fraction of sp³-hybridized carbons (Fsp3) is 0.353. The highest BCUT2D eigenvalue weighted by Crippen LogP contribution is 2.14. The third kappa shape index (κ3) is 4.85. The van der Waals surface area contributed by atoms with Crippen LogP contribution in [0.5, 0.6) is 0 Å². The first kappa shape index (κ1) is 15.5. The molecule has 112 valence electrons. The maximum absolute atomic E-state index is 9.25. The molecule has 0 amide bonds. The van der Waals surface area contributed by atoms with E-state index in [0.29, 0.717) is 6.54 Å². The van der Waals surface area contributed by atoms with Gasteiger partial charge in [0.1, 0.15) is 0 Å². The number of rotatable bonds is 7. The first-order valence-electron chi connectivity index (χ1n) is 7.17. The fourth-order valence-corrected chi connectivity index (χ4v) is 2.26. The van der Waals surface area contributed by atoms with Gasteiger partial charge >= 0.3 is 0 Å². The van der Waals surface area contributed by atoms with Gasteiger partial charge in [0, 0.05) is 51.8 Å². The van der Waals surface area contributed by atoms with Crippen LogP contribution in [0, 0.1) is 0 Å². The average Bonchev–Trinajstić information content (AvgIpc) is 2.49. The lowest BCUT2D eigenvalue weighted by molar-refractivity contribution is 0.184. The third-order valence-corrected chi connectivity index (χ3v) is 3.40. The van der Waals surface area contributed by atoms with E-state index in [9.17, 15) is 5.11 Å². The van der Waals surface area contributed by atoms with E-state index in [-0.39, 0.29) is 6.61 Å². The molecule has 4 nitrogen and oxygen atoms in total. The summed E-state index contributed by atoms with van der Waals surface area (Å²) >= 11 is 0. The highest BCUT2D eigenvalue weighted by molar-refractivity contribution is 5.45. The maximum Gasteiger partial charge on any atom is 0.0558 e. The van der Waals surface area contributed by atoms with E-state index in [0.717, 1.165) is 18.7 Å². The summed E-state index contributed by atoms with van der Waals surface area (Å²) in [5.74, 6) is 0. The molecule has 0 aliphatic carbocycles. The van der Waals surface area contributed by atoms with Crippen LogP contribution < -0.4 is 4.90 Å². The molecular weight excluding hydrogens is 262 g/mol. The number of pyridine rings is 1. The monoisotopic (exact) mass is 285 g/mol. The minimum Gasteiger partial charge on any atom is -0.395 e. The zero-order valence-electron chi connectivity index (χ0n) is 12.7. The Morgan fingerprint density at radius 2 is 1.71 bits per heavy atom. The SMILES string of the molecule is CN(C)c1ccc(CN(CCO)Cc2cccnc2)cc1. The lowest BCUT2D eigenvalue weighted by Gasteiger charge is -2.22. The Kier molecular flexibility index (Phi) is 5.72. The van der Waals surface area contributed by atoms with Crippen LogP contribution in [-0.2, 0) is 13.1 Å². The molecule has 2 rings (SSSR count). The van der Waals surface area contributed by atoms with Crippen molar-refractivity contribution in [2.45, 2.75) is 13.1 Å². The number of aromatic nitrogens is 1. The molecule has 0 radical (unpaired) electrons. The quantitative estimate of drug-likeness (QED) is 0.846. The van der Waals surface area contributed by atoms with Gasteiger partial charge < -0.3 is 10.0 Å². The van der Waals surface area contributed by atoms with Crippen LogP contribution in [0.1, 0.15) is 11.1 Å². The molecular formula is C17H23N3O. The molecule has 1 aromatic carbocycles. The zero-order chi connectivity index (χ0) is 15.1. The first-order chi connectivity index (χ1) is 10.2. The van der Waals surface area contributed by atoms with Crippen LogP contribution in [0.3, 0.4) is 0 Å². The van der Waals surface area contributed by atoms with Gasteiger partial charge in [-0.15, -0.1) is 0 Å². The van der Waals surface area contributed by atoms with Crippen molar-refractivity contribution >= 4 is 5.69 Å². The normalized spacial score (nSPS) is 10.9. The van der Waals surface area contributed by atoms with Crippen molar-refractivity contribution in [1.29, 1.82) is 0 Å². The smallest absolute Gasteiger partial charge is 0.0558 e. The first-order valence-corrected chi connectivity index (χ1v) is 7.17. The van der Waals surface area contributed by atoms with E-state index in [1.165, 1.54) is 11.3 Å². The van der Waals surface area contributed by atoms with Crippen molar-refractivity contribution < 1.29 is 5.11 Å². The second kappa shape index (κ2) is 7.76. The van der Waals surface area contributed by atoms with Crippen molar-refractivity contribution in [2.24, 2.45) is 0 Å². The molecule has 0 fully saturated rings. The van der Waals surface area contributed by atoms with Crippen molar-refractivity contribution in [1.82, 2.24) is 9.88 Å². The van der Waals surface area contributed by atoms with Crippen molar-refractivity contribution in [3.8, 4) is 0 Å². The van der Waals surface area contributed by atoms with E-state index >= 15 is 0 Å². The second-order valence-electron chi connectivity index (χ2n) is 5.36. The van der Waals surface area contributed by atoms with E-state index in [4.69, 9.17) is 0 Å². The van der Waals surface area contributed by atoms with Crippen LogP contribution in [0.15, 0.2) is 48.8 Å². The number of aliphatic hydroxyl groups is 1. The van der Waals surface area contributed by atoms with Crippen LogP contribution in [0.2, 0.25) is 0 Å². The summed E-state index contributed by atoms with van der Waals surface area (Å²) in [6.07, 6.45) is 3.65. The minimum absolute atomic E-state index is 0.163. The Morgan fingerprint density at radius 1 is 1.00 bits per heavy atom. The number of benzene rings is 1. The summed E-state index contributed by atoms with van der Waals surface area (Å²) < 4.78 is 0. The molecule has 4 heteroatoms. The molecule has 1 heterocycles. The number of anilines is 1. The van der Waals surface area contributed by atoms with Crippen LogP contribution in [0.25, 0.3) is 0 Å². The van der Waals surface area contributed by atoms with Gasteiger partial charge in [-0.3, -0.25) is 9.88 Å². The number of hydrogen-bond donors (Lipinski definition) is 1. The molecule has 0 aliphatic heterocycles. The summed E-state index contributed by atoms with van der Waals surface area (Å²) in [5.41, 5.74) is 3.61. The summed E-state index contributed by atoms with van der Waals surface area (Å²) in [7, 11) is 4.07. The summed E-state index contributed by atoms with van der Waals surface area (Å²) in [4.78, 5) is 8.45. The Labute approximate surface area is 126 Å². The molecule has 0 spiro atoms.